The number of likely N-dealkylation sites (N-methyl/N-ethyl adjacent to an activating group) is 1. The lowest BCUT2D eigenvalue weighted by Crippen LogP contribution is -2.10. The van der Waals surface area contributed by atoms with Gasteiger partial charge in [-0.2, -0.15) is 0 Å². The molecule has 0 aromatic heterocycles. The molecule has 0 amide bonds. The van der Waals surface area contributed by atoms with Crippen molar-refractivity contribution >= 4 is 0 Å². The van der Waals surface area contributed by atoms with Crippen molar-refractivity contribution in [3.63, 3.8) is 0 Å². The summed E-state index contributed by atoms with van der Waals surface area (Å²) in [7, 11) is 4.15. The quantitative estimate of drug-likeness (QED) is 0.623. The molecule has 0 bridgehead atoms. The molecule has 84 valence electrons. The van der Waals surface area contributed by atoms with Crippen molar-refractivity contribution in [3.8, 4) is 0 Å². The van der Waals surface area contributed by atoms with Gasteiger partial charge in [0.2, 0.25) is 0 Å². The van der Waals surface area contributed by atoms with E-state index >= 15 is 0 Å². The number of nitrogens with zero attached hydrogens (tertiary/aromatic N) is 1. The Morgan fingerprint density at radius 3 is 1.71 bits per heavy atom. The summed E-state index contributed by atoms with van der Waals surface area (Å²) in [5, 5.41) is 0. The fourth-order valence-electron chi connectivity index (χ4n) is 0.544. The molecule has 0 aromatic carbocycles. The van der Waals surface area contributed by atoms with Crippen molar-refractivity contribution in [1.29, 1.82) is 0 Å². The molecule has 14 heavy (non-hydrogen) atoms. The van der Waals surface area contributed by atoms with Gasteiger partial charge in [0.25, 0.3) is 0 Å². The molecule has 0 saturated heterocycles. The molecule has 0 N–H and O–H groups in total. The van der Waals surface area contributed by atoms with Crippen molar-refractivity contribution in [2.45, 2.75) is 27.7 Å². The van der Waals surface area contributed by atoms with Gasteiger partial charge in [0.05, 0.1) is 0 Å². The minimum atomic E-state index is 0.648. The maximum absolute atomic E-state index is 3.56. The molecule has 0 aromatic rings. The third-order valence-electron chi connectivity index (χ3n) is 1.46. The van der Waals surface area contributed by atoms with E-state index in [4.69, 9.17) is 0 Å². The Morgan fingerprint density at radius 1 is 1.07 bits per heavy atom. The van der Waals surface area contributed by atoms with E-state index in [9.17, 15) is 0 Å². The van der Waals surface area contributed by atoms with Crippen LogP contribution in [0.5, 0.6) is 0 Å². The Morgan fingerprint density at radius 2 is 1.50 bits per heavy atom. The highest BCUT2D eigenvalue weighted by Crippen LogP contribution is 1.92. The van der Waals surface area contributed by atoms with Crippen molar-refractivity contribution < 1.29 is 0 Å². The number of hydrogen-bond acceptors (Lipinski definition) is 1. The molecule has 0 saturated carbocycles. The molecule has 0 fully saturated rings. The highest BCUT2D eigenvalue weighted by atomic mass is 15.0. The molecule has 0 unspecified atom stereocenters. The molecule has 0 aliphatic heterocycles. The maximum Gasteiger partial charge on any atom is 0.0157 e. The maximum atomic E-state index is 3.56. The van der Waals surface area contributed by atoms with Crippen LogP contribution in [0.1, 0.15) is 27.7 Å². The zero-order chi connectivity index (χ0) is 11.6. The third-order valence-corrected chi connectivity index (χ3v) is 1.46. The molecule has 0 spiro atoms. The van der Waals surface area contributed by atoms with Crippen LogP contribution in [0, 0.1) is 11.8 Å². The van der Waals surface area contributed by atoms with Gasteiger partial charge in [-0.3, -0.25) is 0 Å². The largest absolute Gasteiger partial charge is 0.306 e. The normalized spacial score (nSPS) is 10.9. The van der Waals surface area contributed by atoms with E-state index in [1.54, 1.807) is 0 Å². The van der Waals surface area contributed by atoms with Crippen LogP contribution in [-0.4, -0.2) is 25.5 Å². The van der Waals surface area contributed by atoms with Gasteiger partial charge in [0.1, 0.15) is 0 Å². The minimum Gasteiger partial charge on any atom is -0.306 e. The first-order chi connectivity index (χ1) is 6.40. The molecular weight excluding hydrogens is 170 g/mol. The lowest BCUT2D eigenvalue weighted by atomic mass is 10.2. The van der Waals surface area contributed by atoms with Crippen LogP contribution in [0.25, 0.3) is 0 Å². The molecule has 0 aliphatic carbocycles. The van der Waals surface area contributed by atoms with Crippen molar-refractivity contribution in [2.75, 3.05) is 20.6 Å². The zero-order valence-electron chi connectivity index (χ0n) is 10.7. The van der Waals surface area contributed by atoms with Crippen LogP contribution in [0.15, 0.2) is 24.8 Å². The van der Waals surface area contributed by atoms with Crippen LogP contribution >= 0.6 is 0 Å². The summed E-state index contributed by atoms with van der Waals surface area (Å²) in [5.74, 6) is 1.33. The van der Waals surface area contributed by atoms with E-state index in [1.807, 2.05) is 6.08 Å². The van der Waals surface area contributed by atoms with Crippen LogP contribution in [0.3, 0.4) is 0 Å². The molecule has 0 radical (unpaired) electrons. The summed E-state index contributed by atoms with van der Waals surface area (Å²) in [4.78, 5) is 2.15. The second-order valence-electron chi connectivity index (χ2n) is 4.41. The second-order valence-corrected chi connectivity index (χ2v) is 4.41. The molecule has 1 nitrogen and oxygen atoms in total. The molecule has 0 rings (SSSR count). The number of allylic oxidation sites excluding steroid dienone is 2. The summed E-state index contributed by atoms with van der Waals surface area (Å²) in [5.41, 5.74) is 0. The Bertz CT molecular complexity index is 143. The lowest BCUT2D eigenvalue weighted by Gasteiger charge is -2.03. The first-order valence-corrected chi connectivity index (χ1v) is 5.34. The summed E-state index contributed by atoms with van der Waals surface area (Å²) in [6.07, 6.45) is 6.34. The van der Waals surface area contributed by atoms with Gasteiger partial charge in [-0.15, -0.1) is 6.58 Å². The smallest absolute Gasteiger partial charge is 0.0157 e. The van der Waals surface area contributed by atoms with Gasteiger partial charge in [-0.1, -0.05) is 45.9 Å². The Kier molecular flexibility index (Phi) is 11.9. The van der Waals surface area contributed by atoms with Crippen molar-refractivity contribution in [1.82, 2.24) is 4.90 Å². The van der Waals surface area contributed by atoms with E-state index in [1.165, 1.54) is 0 Å². The zero-order valence-corrected chi connectivity index (χ0v) is 10.7. The summed E-state index contributed by atoms with van der Waals surface area (Å²) < 4.78 is 0. The van der Waals surface area contributed by atoms with Gasteiger partial charge in [0.15, 0.2) is 0 Å². The molecule has 0 atom stereocenters. The van der Waals surface area contributed by atoms with E-state index in [-0.39, 0.29) is 0 Å². The average molecular weight is 197 g/mol. The van der Waals surface area contributed by atoms with Crippen LogP contribution in [0.2, 0.25) is 0 Å². The Balaban J connectivity index is 0. The number of rotatable bonds is 4. The molecular formula is C13H27N. The van der Waals surface area contributed by atoms with Gasteiger partial charge in [-0.25, -0.2) is 0 Å². The lowest BCUT2D eigenvalue weighted by molar-refractivity contribution is 0.455. The SMILES string of the molecule is C=CC(C)C.CC(C)/C=C/CN(C)C. The summed E-state index contributed by atoms with van der Waals surface area (Å²) in [6.45, 7) is 13.2. The predicted octanol–water partition coefficient (Wildman–Crippen LogP) is 3.59. The number of hydrogen-bond donors (Lipinski definition) is 0. The monoisotopic (exact) mass is 197 g/mol. The van der Waals surface area contributed by atoms with Crippen LogP contribution in [-0.2, 0) is 0 Å². The predicted molar refractivity (Wildman–Crippen MR) is 67.6 cm³/mol. The van der Waals surface area contributed by atoms with E-state index in [0.717, 1.165) is 6.54 Å². The third kappa shape index (κ3) is 22.5. The molecule has 0 aliphatic rings. The average Bonchev–Trinajstić information content (AvgIpc) is 2.04. The Hall–Kier alpha value is -0.560. The van der Waals surface area contributed by atoms with Crippen LogP contribution < -0.4 is 0 Å². The van der Waals surface area contributed by atoms with Crippen molar-refractivity contribution in [3.05, 3.63) is 24.8 Å². The fourth-order valence-corrected chi connectivity index (χ4v) is 0.544. The second kappa shape index (κ2) is 10.5. The van der Waals surface area contributed by atoms with E-state index in [2.05, 4.69) is 65.4 Å². The standard InChI is InChI=1S/C8H17N.C5H10/c1-8(2)6-5-7-9(3)4;1-4-5(2)3/h5-6,8H,7H2,1-4H3;4-5H,1H2,2-3H3/b6-5+;. The van der Waals surface area contributed by atoms with Crippen molar-refractivity contribution in [2.24, 2.45) is 11.8 Å². The fraction of sp³-hybridized carbons (Fsp3) is 0.692. The highest BCUT2D eigenvalue weighted by molar-refractivity contribution is 4.85. The first-order valence-electron chi connectivity index (χ1n) is 5.34. The molecule has 1 heteroatoms. The topological polar surface area (TPSA) is 3.24 Å². The van der Waals surface area contributed by atoms with Gasteiger partial charge < -0.3 is 4.90 Å². The van der Waals surface area contributed by atoms with Gasteiger partial charge in [0, 0.05) is 6.54 Å². The minimum absolute atomic E-state index is 0.648. The van der Waals surface area contributed by atoms with E-state index < -0.39 is 0 Å². The van der Waals surface area contributed by atoms with Gasteiger partial charge >= 0.3 is 0 Å². The van der Waals surface area contributed by atoms with Crippen LogP contribution in [0.4, 0.5) is 0 Å². The van der Waals surface area contributed by atoms with E-state index in [0.29, 0.717) is 11.8 Å². The Labute approximate surface area is 90.5 Å². The first kappa shape index (κ1) is 15.9. The summed E-state index contributed by atoms with van der Waals surface area (Å²) >= 11 is 0. The highest BCUT2D eigenvalue weighted by Gasteiger charge is 1.84. The summed E-state index contributed by atoms with van der Waals surface area (Å²) in [6, 6.07) is 0. The molecule has 0 heterocycles. The van der Waals surface area contributed by atoms with Gasteiger partial charge in [-0.05, 0) is 25.9 Å².